The Hall–Kier alpha value is -1.45. The van der Waals surface area contributed by atoms with Crippen molar-refractivity contribution < 1.29 is 4.52 Å². The van der Waals surface area contributed by atoms with Crippen LogP contribution in [0.2, 0.25) is 0 Å². The van der Waals surface area contributed by atoms with Gasteiger partial charge in [-0.2, -0.15) is 4.98 Å². The summed E-state index contributed by atoms with van der Waals surface area (Å²) in [6.45, 7) is 0. The van der Waals surface area contributed by atoms with Gasteiger partial charge in [0.15, 0.2) is 10.2 Å². The normalized spacial score (nSPS) is 14.5. The molecule has 4 rings (SSSR count). The lowest BCUT2D eigenvalue weighted by atomic mass is 10.5. The lowest BCUT2D eigenvalue weighted by molar-refractivity contribution is 0.426. The van der Waals surface area contributed by atoms with Crippen LogP contribution in [0.5, 0.6) is 0 Å². The minimum Gasteiger partial charge on any atom is -0.357 e. The summed E-state index contributed by atoms with van der Waals surface area (Å²) in [4.78, 5) is 5.38. The van der Waals surface area contributed by atoms with Crippen molar-refractivity contribution in [1.82, 2.24) is 20.3 Å². The zero-order chi connectivity index (χ0) is 14.1. The van der Waals surface area contributed by atoms with Gasteiger partial charge in [0.1, 0.15) is 0 Å². The van der Waals surface area contributed by atoms with Gasteiger partial charge < -0.3 is 9.84 Å². The first-order valence-corrected chi connectivity index (χ1v) is 9.14. The van der Waals surface area contributed by atoms with Crippen LogP contribution in [0.3, 0.4) is 0 Å². The van der Waals surface area contributed by atoms with Crippen LogP contribution >= 0.6 is 34.4 Å². The minimum absolute atomic E-state index is 0.578. The first kappa shape index (κ1) is 13.2. The van der Waals surface area contributed by atoms with Crippen LogP contribution in [0.25, 0.3) is 10.8 Å². The van der Waals surface area contributed by atoms with E-state index in [1.165, 1.54) is 12.8 Å². The van der Waals surface area contributed by atoms with E-state index in [1.54, 1.807) is 34.4 Å². The maximum Gasteiger partial charge on any atom is 0.268 e. The molecule has 0 atom stereocenters. The van der Waals surface area contributed by atoms with Crippen LogP contribution in [-0.4, -0.2) is 26.4 Å². The van der Waals surface area contributed by atoms with Crippen molar-refractivity contribution in [3.8, 4) is 10.8 Å². The minimum atomic E-state index is 0.578. The van der Waals surface area contributed by atoms with Crippen LogP contribution in [0.1, 0.15) is 18.7 Å². The summed E-state index contributed by atoms with van der Waals surface area (Å²) < 4.78 is 6.17. The van der Waals surface area contributed by atoms with Gasteiger partial charge in [0.25, 0.3) is 5.89 Å². The van der Waals surface area contributed by atoms with Gasteiger partial charge in [-0.25, -0.2) is 0 Å². The molecule has 21 heavy (non-hydrogen) atoms. The molecule has 1 aliphatic carbocycles. The van der Waals surface area contributed by atoms with Gasteiger partial charge >= 0.3 is 0 Å². The molecule has 0 unspecified atom stereocenters. The number of aromatic nitrogens is 4. The fourth-order valence-corrected chi connectivity index (χ4v) is 3.98. The molecule has 3 heterocycles. The van der Waals surface area contributed by atoms with Crippen LogP contribution in [-0.2, 0) is 5.75 Å². The maximum atomic E-state index is 5.25. The van der Waals surface area contributed by atoms with Gasteiger partial charge in [-0.3, -0.25) is 0 Å². The SMILES string of the molecule is c1csc(-c2nc(CSc3nnc(NC4CC4)s3)no2)c1. The highest BCUT2D eigenvalue weighted by Crippen LogP contribution is 2.31. The molecular formula is C12H11N5OS3. The highest BCUT2D eigenvalue weighted by atomic mass is 32.2. The Morgan fingerprint density at radius 3 is 3.14 bits per heavy atom. The topological polar surface area (TPSA) is 76.7 Å². The summed E-state index contributed by atoms with van der Waals surface area (Å²) >= 11 is 4.73. The molecule has 0 amide bonds. The number of hydrogen-bond acceptors (Lipinski definition) is 9. The third kappa shape index (κ3) is 3.25. The molecule has 0 saturated heterocycles. The van der Waals surface area contributed by atoms with E-state index < -0.39 is 0 Å². The molecule has 1 N–H and O–H groups in total. The van der Waals surface area contributed by atoms with Crippen molar-refractivity contribution in [1.29, 1.82) is 0 Å². The van der Waals surface area contributed by atoms with E-state index in [4.69, 9.17) is 4.52 Å². The second-order valence-electron chi connectivity index (χ2n) is 4.57. The summed E-state index contributed by atoms with van der Waals surface area (Å²) in [5.41, 5.74) is 0. The summed E-state index contributed by atoms with van der Waals surface area (Å²) in [5.74, 6) is 1.89. The molecule has 1 saturated carbocycles. The van der Waals surface area contributed by atoms with E-state index in [9.17, 15) is 0 Å². The van der Waals surface area contributed by atoms with Crippen molar-refractivity contribution in [2.24, 2.45) is 0 Å². The van der Waals surface area contributed by atoms with E-state index >= 15 is 0 Å². The van der Waals surface area contributed by atoms with E-state index in [-0.39, 0.29) is 0 Å². The second-order valence-corrected chi connectivity index (χ2v) is 7.72. The van der Waals surface area contributed by atoms with Gasteiger partial charge in [-0.15, -0.1) is 21.5 Å². The molecular weight excluding hydrogens is 326 g/mol. The summed E-state index contributed by atoms with van der Waals surface area (Å²) in [6.07, 6.45) is 2.47. The number of anilines is 1. The molecule has 3 aromatic heterocycles. The zero-order valence-electron chi connectivity index (χ0n) is 10.9. The fourth-order valence-electron chi connectivity index (χ4n) is 1.67. The first-order valence-electron chi connectivity index (χ1n) is 6.46. The molecule has 108 valence electrons. The molecule has 1 fully saturated rings. The van der Waals surface area contributed by atoms with Crippen LogP contribution in [0.4, 0.5) is 5.13 Å². The van der Waals surface area contributed by atoms with Gasteiger partial charge in [0.2, 0.25) is 5.13 Å². The van der Waals surface area contributed by atoms with Crippen LogP contribution < -0.4 is 5.32 Å². The Morgan fingerprint density at radius 1 is 1.38 bits per heavy atom. The molecule has 0 aromatic carbocycles. The van der Waals surface area contributed by atoms with E-state index in [0.29, 0.717) is 23.5 Å². The summed E-state index contributed by atoms with van der Waals surface area (Å²) in [5, 5.41) is 18.5. The van der Waals surface area contributed by atoms with Crippen LogP contribution in [0.15, 0.2) is 26.4 Å². The molecule has 1 aliphatic rings. The van der Waals surface area contributed by atoms with Crippen molar-refractivity contribution in [3.63, 3.8) is 0 Å². The molecule has 0 spiro atoms. The highest BCUT2D eigenvalue weighted by molar-refractivity contribution is 8.00. The maximum absolute atomic E-state index is 5.25. The Bertz CT molecular complexity index is 719. The summed E-state index contributed by atoms with van der Waals surface area (Å²) in [6, 6.07) is 4.53. The third-order valence-electron chi connectivity index (χ3n) is 2.84. The van der Waals surface area contributed by atoms with Crippen molar-refractivity contribution in [2.75, 3.05) is 5.32 Å². The molecule has 0 radical (unpaired) electrons. The first-order chi connectivity index (χ1) is 10.4. The zero-order valence-corrected chi connectivity index (χ0v) is 13.3. The summed E-state index contributed by atoms with van der Waals surface area (Å²) in [7, 11) is 0. The second kappa shape index (κ2) is 5.74. The smallest absolute Gasteiger partial charge is 0.268 e. The lowest BCUT2D eigenvalue weighted by Crippen LogP contribution is -1.99. The number of nitrogens with zero attached hydrogens (tertiary/aromatic N) is 4. The number of rotatable bonds is 6. The van der Waals surface area contributed by atoms with Crippen molar-refractivity contribution >= 4 is 39.6 Å². The van der Waals surface area contributed by atoms with Crippen molar-refractivity contribution in [3.05, 3.63) is 23.3 Å². The standard InChI is InChI=1S/C12H11N5OS3/c1-2-8(19-5-1)10-14-9(17-18-10)6-20-12-16-15-11(21-12)13-7-3-4-7/h1-2,5,7H,3-4,6H2,(H,13,15). The van der Waals surface area contributed by atoms with Gasteiger partial charge in [-0.05, 0) is 24.3 Å². The monoisotopic (exact) mass is 337 g/mol. The largest absolute Gasteiger partial charge is 0.357 e. The average Bonchev–Trinajstić information content (AvgIpc) is 2.94. The van der Waals surface area contributed by atoms with Gasteiger partial charge in [-0.1, -0.05) is 34.3 Å². The van der Waals surface area contributed by atoms with E-state index in [0.717, 1.165) is 14.3 Å². The van der Waals surface area contributed by atoms with Crippen molar-refractivity contribution in [2.45, 2.75) is 29.0 Å². The third-order valence-corrected chi connectivity index (χ3v) is 5.68. The van der Waals surface area contributed by atoms with Gasteiger partial charge in [0, 0.05) is 6.04 Å². The van der Waals surface area contributed by atoms with Gasteiger partial charge in [0.05, 0.1) is 10.6 Å². The number of nitrogens with one attached hydrogen (secondary N) is 1. The Morgan fingerprint density at radius 2 is 2.33 bits per heavy atom. The number of thiophene rings is 1. The quantitative estimate of drug-likeness (QED) is 0.690. The molecule has 6 nitrogen and oxygen atoms in total. The number of hydrogen-bond donors (Lipinski definition) is 1. The molecule has 9 heteroatoms. The predicted molar refractivity (Wildman–Crippen MR) is 83.7 cm³/mol. The predicted octanol–water partition coefficient (Wildman–Crippen LogP) is 3.52. The molecule has 0 bridgehead atoms. The highest BCUT2D eigenvalue weighted by Gasteiger charge is 2.22. The van der Waals surface area contributed by atoms with Crippen LogP contribution in [0, 0.1) is 0 Å². The Labute approximate surface area is 133 Å². The Balaban J connectivity index is 1.36. The fraction of sp³-hybridized carbons (Fsp3) is 0.333. The molecule has 0 aliphatic heterocycles. The van der Waals surface area contributed by atoms with E-state index in [2.05, 4.69) is 25.7 Å². The average molecular weight is 337 g/mol. The lowest BCUT2D eigenvalue weighted by Gasteiger charge is -1.94. The Kier molecular flexibility index (Phi) is 3.62. The van der Waals surface area contributed by atoms with E-state index in [1.807, 2.05) is 17.5 Å². The molecule has 3 aromatic rings. The number of thioether (sulfide) groups is 1.